The van der Waals surface area contributed by atoms with E-state index in [-0.39, 0.29) is 23.7 Å². The topological polar surface area (TPSA) is 91.0 Å². The number of nitrogens with zero attached hydrogens (tertiary/aromatic N) is 3. The average molecular weight is 279 g/mol. The number of piperidine rings is 1. The quantitative estimate of drug-likeness (QED) is 0.830. The summed E-state index contributed by atoms with van der Waals surface area (Å²) in [4.78, 5) is 29.9. The van der Waals surface area contributed by atoms with Gasteiger partial charge in [-0.05, 0) is 12.8 Å². The van der Waals surface area contributed by atoms with Crippen molar-refractivity contribution in [2.45, 2.75) is 33.2 Å². The van der Waals surface area contributed by atoms with E-state index in [9.17, 15) is 9.59 Å². The van der Waals surface area contributed by atoms with Crippen molar-refractivity contribution < 1.29 is 9.59 Å². The first-order valence-corrected chi connectivity index (χ1v) is 6.98. The molecule has 1 aromatic heterocycles. The van der Waals surface area contributed by atoms with Gasteiger partial charge in [-0.2, -0.15) is 5.10 Å². The maximum absolute atomic E-state index is 12.1. The zero-order chi connectivity index (χ0) is 14.5. The molecule has 1 unspecified atom stereocenters. The Morgan fingerprint density at radius 1 is 1.55 bits per heavy atom. The molecule has 1 atom stereocenters. The van der Waals surface area contributed by atoms with E-state index < -0.39 is 0 Å². The molecule has 7 nitrogen and oxygen atoms in total. The molecular formula is C13H21N5O2. The lowest BCUT2D eigenvalue weighted by molar-refractivity contribution is -0.138. The predicted molar refractivity (Wildman–Crippen MR) is 72.4 cm³/mol. The minimum absolute atomic E-state index is 0.0222. The van der Waals surface area contributed by atoms with E-state index in [0.29, 0.717) is 18.9 Å². The summed E-state index contributed by atoms with van der Waals surface area (Å²) in [5.74, 6) is 0.574. The molecule has 2 N–H and O–H groups in total. The lowest BCUT2D eigenvalue weighted by Crippen LogP contribution is -2.46. The Morgan fingerprint density at radius 2 is 2.35 bits per heavy atom. The van der Waals surface area contributed by atoms with Crippen molar-refractivity contribution in [1.29, 1.82) is 0 Å². The minimum atomic E-state index is -0.130. The standard InChI is InChI=1S/C13H21N5O2/c1-9(2)13(20)18-5-3-4-10(7-18)12(19)14-6-11-15-8-16-17-11/h8-10H,3-7H2,1-2H3,(H,14,19)(H,15,16,17). The number of rotatable bonds is 4. The molecule has 0 saturated carbocycles. The number of aromatic nitrogens is 3. The number of nitrogens with one attached hydrogen (secondary N) is 2. The number of hydrogen-bond donors (Lipinski definition) is 2. The van der Waals surface area contributed by atoms with Crippen molar-refractivity contribution >= 4 is 11.8 Å². The summed E-state index contributed by atoms with van der Waals surface area (Å²) < 4.78 is 0. The van der Waals surface area contributed by atoms with Gasteiger partial charge in [0, 0.05) is 19.0 Å². The molecule has 2 amide bonds. The molecular weight excluding hydrogens is 258 g/mol. The van der Waals surface area contributed by atoms with Gasteiger partial charge in [0.25, 0.3) is 0 Å². The maximum Gasteiger partial charge on any atom is 0.225 e. The fraction of sp³-hybridized carbons (Fsp3) is 0.692. The summed E-state index contributed by atoms with van der Waals surface area (Å²) >= 11 is 0. The van der Waals surface area contributed by atoms with E-state index in [1.54, 1.807) is 4.90 Å². The predicted octanol–water partition coefficient (Wildman–Crippen LogP) is 0.316. The van der Waals surface area contributed by atoms with Crippen LogP contribution in [0.25, 0.3) is 0 Å². The van der Waals surface area contributed by atoms with Gasteiger partial charge in [-0.25, -0.2) is 4.98 Å². The van der Waals surface area contributed by atoms with Crippen LogP contribution in [-0.2, 0) is 16.1 Å². The number of likely N-dealkylation sites (tertiary alicyclic amines) is 1. The Bertz CT molecular complexity index is 457. The maximum atomic E-state index is 12.1. The molecule has 0 aromatic carbocycles. The SMILES string of the molecule is CC(C)C(=O)N1CCCC(C(=O)NCc2ncn[nH]2)C1. The highest BCUT2D eigenvalue weighted by molar-refractivity contribution is 5.82. The smallest absolute Gasteiger partial charge is 0.225 e. The summed E-state index contributed by atoms with van der Waals surface area (Å²) in [5.41, 5.74) is 0. The summed E-state index contributed by atoms with van der Waals surface area (Å²) in [5, 5.41) is 9.26. The number of carbonyl (C=O) groups is 2. The van der Waals surface area contributed by atoms with Crippen LogP contribution >= 0.6 is 0 Å². The third-order valence-corrected chi connectivity index (χ3v) is 3.49. The van der Waals surface area contributed by atoms with Gasteiger partial charge < -0.3 is 10.2 Å². The number of H-pyrrole nitrogens is 1. The van der Waals surface area contributed by atoms with Crippen molar-refractivity contribution in [2.75, 3.05) is 13.1 Å². The second-order valence-corrected chi connectivity index (χ2v) is 5.43. The number of hydrogen-bond acceptors (Lipinski definition) is 4. The van der Waals surface area contributed by atoms with E-state index in [1.165, 1.54) is 6.33 Å². The summed E-state index contributed by atoms with van der Waals surface area (Å²) in [6.45, 7) is 5.38. The number of carbonyl (C=O) groups excluding carboxylic acids is 2. The lowest BCUT2D eigenvalue weighted by Gasteiger charge is -2.33. The molecule has 1 aliphatic rings. The zero-order valence-corrected chi connectivity index (χ0v) is 11.9. The summed E-state index contributed by atoms with van der Waals surface area (Å²) in [6.07, 6.45) is 3.11. The van der Waals surface area contributed by atoms with Crippen molar-refractivity contribution in [3.8, 4) is 0 Å². The minimum Gasteiger partial charge on any atom is -0.349 e. The van der Waals surface area contributed by atoms with Crippen LogP contribution in [0.4, 0.5) is 0 Å². The molecule has 110 valence electrons. The molecule has 0 bridgehead atoms. The monoisotopic (exact) mass is 279 g/mol. The zero-order valence-electron chi connectivity index (χ0n) is 11.9. The largest absolute Gasteiger partial charge is 0.349 e. The van der Waals surface area contributed by atoms with Gasteiger partial charge in [-0.1, -0.05) is 13.8 Å². The van der Waals surface area contributed by atoms with E-state index in [4.69, 9.17) is 0 Å². The Kier molecular flexibility index (Phi) is 4.70. The molecule has 2 rings (SSSR count). The normalized spacial score (nSPS) is 19.1. The van der Waals surface area contributed by atoms with Crippen molar-refractivity contribution in [3.05, 3.63) is 12.2 Å². The second-order valence-electron chi connectivity index (χ2n) is 5.43. The van der Waals surface area contributed by atoms with Crippen molar-refractivity contribution in [1.82, 2.24) is 25.4 Å². The Labute approximate surface area is 118 Å². The number of amides is 2. The van der Waals surface area contributed by atoms with Crippen molar-refractivity contribution in [3.63, 3.8) is 0 Å². The van der Waals surface area contributed by atoms with E-state index >= 15 is 0 Å². The van der Waals surface area contributed by atoms with Crippen LogP contribution in [-0.4, -0.2) is 45.0 Å². The fourth-order valence-electron chi connectivity index (χ4n) is 2.39. The fourth-order valence-corrected chi connectivity index (χ4v) is 2.39. The highest BCUT2D eigenvalue weighted by atomic mass is 16.2. The van der Waals surface area contributed by atoms with Gasteiger partial charge in [0.1, 0.15) is 12.2 Å². The van der Waals surface area contributed by atoms with E-state index in [0.717, 1.165) is 19.4 Å². The van der Waals surface area contributed by atoms with Crippen LogP contribution in [0.15, 0.2) is 6.33 Å². The third-order valence-electron chi connectivity index (χ3n) is 3.49. The van der Waals surface area contributed by atoms with E-state index in [1.807, 2.05) is 13.8 Å². The van der Waals surface area contributed by atoms with Crippen LogP contribution in [0.1, 0.15) is 32.5 Å². The van der Waals surface area contributed by atoms with Gasteiger partial charge in [0.05, 0.1) is 12.5 Å². The van der Waals surface area contributed by atoms with E-state index in [2.05, 4.69) is 20.5 Å². The second kappa shape index (κ2) is 6.49. The van der Waals surface area contributed by atoms with Gasteiger partial charge in [0.2, 0.25) is 11.8 Å². The molecule has 0 aliphatic carbocycles. The molecule has 0 spiro atoms. The first-order chi connectivity index (χ1) is 9.58. The summed E-state index contributed by atoms with van der Waals surface area (Å²) in [6, 6.07) is 0. The first kappa shape index (κ1) is 14.5. The van der Waals surface area contributed by atoms with Crippen molar-refractivity contribution in [2.24, 2.45) is 11.8 Å². The highest BCUT2D eigenvalue weighted by Crippen LogP contribution is 2.18. The molecule has 1 aromatic rings. The molecule has 7 heteroatoms. The summed E-state index contributed by atoms with van der Waals surface area (Å²) in [7, 11) is 0. The Morgan fingerprint density at radius 3 is 3.00 bits per heavy atom. The Balaban J connectivity index is 1.85. The van der Waals surface area contributed by atoms with Gasteiger partial charge >= 0.3 is 0 Å². The van der Waals surface area contributed by atoms with Gasteiger partial charge in [-0.3, -0.25) is 14.7 Å². The molecule has 1 saturated heterocycles. The first-order valence-electron chi connectivity index (χ1n) is 6.98. The molecule has 2 heterocycles. The Hall–Kier alpha value is -1.92. The molecule has 1 fully saturated rings. The third kappa shape index (κ3) is 3.55. The van der Waals surface area contributed by atoms with Crippen LogP contribution < -0.4 is 5.32 Å². The highest BCUT2D eigenvalue weighted by Gasteiger charge is 2.29. The van der Waals surface area contributed by atoms with Crippen LogP contribution in [0, 0.1) is 11.8 Å². The van der Waals surface area contributed by atoms with Crippen LogP contribution in [0.2, 0.25) is 0 Å². The molecule has 20 heavy (non-hydrogen) atoms. The molecule has 0 radical (unpaired) electrons. The number of aromatic amines is 1. The van der Waals surface area contributed by atoms with Gasteiger partial charge in [0.15, 0.2) is 0 Å². The van der Waals surface area contributed by atoms with Crippen LogP contribution in [0.5, 0.6) is 0 Å². The average Bonchev–Trinajstić information content (AvgIpc) is 2.97. The lowest BCUT2D eigenvalue weighted by atomic mass is 9.96. The van der Waals surface area contributed by atoms with Gasteiger partial charge in [-0.15, -0.1) is 0 Å². The van der Waals surface area contributed by atoms with Crippen LogP contribution in [0.3, 0.4) is 0 Å². The molecule has 1 aliphatic heterocycles.